The molecule has 0 amide bonds. The lowest BCUT2D eigenvalue weighted by Crippen LogP contribution is -2.45. The predicted octanol–water partition coefficient (Wildman–Crippen LogP) is 2.90. The normalized spacial score (nSPS) is 16.0. The average Bonchev–Trinajstić information content (AvgIpc) is 2.54. The summed E-state index contributed by atoms with van der Waals surface area (Å²) in [6, 6.07) is -0.761. The van der Waals surface area contributed by atoms with Gasteiger partial charge in [0.2, 0.25) is 0 Å². The summed E-state index contributed by atoms with van der Waals surface area (Å²) in [5, 5.41) is 28.1. The van der Waals surface area contributed by atoms with Gasteiger partial charge in [0.1, 0.15) is 0 Å². The third-order valence-corrected chi connectivity index (χ3v) is 4.06. The molecule has 0 bridgehead atoms. The molecular weight excluding hydrogens is 278 g/mol. The van der Waals surface area contributed by atoms with Gasteiger partial charge in [-0.2, -0.15) is 0 Å². The maximum Gasteiger partial charge on any atom is 0.0971 e. The third-order valence-electron chi connectivity index (χ3n) is 4.06. The van der Waals surface area contributed by atoms with Crippen molar-refractivity contribution in [1.29, 1.82) is 0 Å². The van der Waals surface area contributed by atoms with Gasteiger partial charge in [0.25, 0.3) is 0 Å². The molecule has 132 valence electrons. The lowest BCUT2D eigenvalue weighted by molar-refractivity contribution is -0.0117. The highest BCUT2D eigenvalue weighted by Crippen LogP contribution is 2.10. The molecule has 0 aliphatic heterocycles. The Morgan fingerprint density at radius 3 is 2.00 bits per heavy atom. The van der Waals surface area contributed by atoms with Crippen LogP contribution < -0.4 is 5.73 Å². The number of hydrogen-bond donors (Lipinski definition) is 4. The van der Waals surface area contributed by atoms with Gasteiger partial charge in [-0.3, -0.25) is 0 Å². The van der Waals surface area contributed by atoms with E-state index in [0.29, 0.717) is 6.42 Å². The Hall–Kier alpha value is -0.420. The van der Waals surface area contributed by atoms with E-state index in [4.69, 9.17) is 10.8 Å². The van der Waals surface area contributed by atoms with Gasteiger partial charge in [-0.25, -0.2) is 0 Å². The second kappa shape index (κ2) is 15.5. The maximum absolute atomic E-state index is 9.72. The topological polar surface area (TPSA) is 86.7 Å². The minimum atomic E-state index is -1.04. The Morgan fingerprint density at radius 1 is 0.864 bits per heavy atom. The molecule has 0 spiro atoms. The molecule has 3 atom stereocenters. The van der Waals surface area contributed by atoms with Crippen LogP contribution in [0.4, 0.5) is 0 Å². The van der Waals surface area contributed by atoms with Crippen molar-refractivity contribution < 1.29 is 15.3 Å². The standard InChI is InChI=1S/C18H37NO3/c1-2-3-4-5-6-7-8-9-10-11-12-13-14-17(21)18(22)16(19)15-20/h10-11,16-18,20-22H,2-9,12-15,19H2,1H3/b11-10-/t16-,17?,18-/m0/s1. The van der Waals surface area contributed by atoms with Crippen LogP contribution in [0.25, 0.3) is 0 Å². The number of rotatable bonds is 15. The highest BCUT2D eigenvalue weighted by Gasteiger charge is 2.21. The van der Waals surface area contributed by atoms with Gasteiger partial charge >= 0.3 is 0 Å². The molecule has 0 aromatic carbocycles. The molecule has 4 nitrogen and oxygen atoms in total. The zero-order chi connectivity index (χ0) is 16.6. The van der Waals surface area contributed by atoms with Gasteiger partial charge in [0.05, 0.1) is 24.9 Å². The quantitative estimate of drug-likeness (QED) is 0.276. The fourth-order valence-electron chi connectivity index (χ4n) is 2.46. The summed E-state index contributed by atoms with van der Waals surface area (Å²) in [4.78, 5) is 0. The Balaban J connectivity index is 3.40. The molecule has 1 unspecified atom stereocenters. The van der Waals surface area contributed by atoms with Gasteiger partial charge in [-0.05, 0) is 32.1 Å². The summed E-state index contributed by atoms with van der Waals surface area (Å²) < 4.78 is 0. The van der Waals surface area contributed by atoms with Gasteiger partial charge in [-0.15, -0.1) is 0 Å². The first-order valence-corrected chi connectivity index (χ1v) is 9.01. The van der Waals surface area contributed by atoms with Crippen LogP contribution in [0.2, 0.25) is 0 Å². The molecule has 5 N–H and O–H groups in total. The van der Waals surface area contributed by atoms with Crippen LogP contribution in [0.3, 0.4) is 0 Å². The summed E-state index contributed by atoms with van der Waals surface area (Å²) in [5.41, 5.74) is 5.48. The Labute approximate surface area is 136 Å². The predicted molar refractivity (Wildman–Crippen MR) is 92.7 cm³/mol. The molecule has 0 saturated carbocycles. The molecule has 0 radical (unpaired) electrons. The monoisotopic (exact) mass is 315 g/mol. The van der Waals surface area contributed by atoms with Gasteiger partial charge in [-0.1, -0.05) is 57.6 Å². The van der Waals surface area contributed by atoms with Crippen molar-refractivity contribution in [1.82, 2.24) is 0 Å². The first-order chi connectivity index (χ1) is 10.6. The van der Waals surface area contributed by atoms with Crippen LogP contribution >= 0.6 is 0 Å². The van der Waals surface area contributed by atoms with E-state index in [0.717, 1.165) is 19.3 Å². The Kier molecular flexibility index (Phi) is 15.2. The van der Waals surface area contributed by atoms with Crippen LogP contribution in [0.15, 0.2) is 12.2 Å². The first kappa shape index (κ1) is 21.6. The molecule has 0 aromatic heterocycles. The summed E-state index contributed by atoms with van der Waals surface area (Å²) in [6.07, 6.45) is 15.2. The minimum absolute atomic E-state index is 0.309. The van der Waals surface area contributed by atoms with Crippen LogP contribution in [0, 0.1) is 0 Å². The van der Waals surface area contributed by atoms with Crippen molar-refractivity contribution in [3.63, 3.8) is 0 Å². The molecule has 0 aliphatic carbocycles. The number of hydrogen-bond acceptors (Lipinski definition) is 4. The Bertz CT molecular complexity index is 259. The SMILES string of the molecule is CCCCCCCCC/C=C\CCCC(O)[C@@H](O)[C@@H](N)CO. The second-order valence-corrected chi connectivity index (χ2v) is 6.22. The number of allylic oxidation sites excluding steroid dienone is 2. The van der Waals surface area contributed by atoms with Crippen LogP contribution in [0.5, 0.6) is 0 Å². The van der Waals surface area contributed by atoms with Gasteiger partial charge < -0.3 is 21.1 Å². The van der Waals surface area contributed by atoms with Crippen molar-refractivity contribution in [3.05, 3.63) is 12.2 Å². The highest BCUT2D eigenvalue weighted by atomic mass is 16.3. The highest BCUT2D eigenvalue weighted by molar-refractivity contribution is 4.83. The maximum atomic E-state index is 9.72. The van der Waals surface area contributed by atoms with Crippen molar-refractivity contribution in [2.24, 2.45) is 5.73 Å². The van der Waals surface area contributed by atoms with E-state index in [1.54, 1.807) is 0 Å². The van der Waals surface area contributed by atoms with Crippen molar-refractivity contribution in [2.75, 3.05) is 6.61 Å². The molecule has 0 rings (SSSR count). The van der Waals surface area contributed by atoms with Crippen LogP contribution in [-0.2, 0) is 0 Å². The van der Waals surface area contributed by atoms with Crippen molar-refractivity contribution in [2.45, 2.75) is 95.8 Å². The smallest absolute Gasteiger partial charge is 0.0971 e. The largest absolute Gasteiger partial charge is 0.395 e. The summed E-state index contributed by atoms with van der Waals surface area (Å²) in [5.74, 6) is 0. The van der Waals surface area contributed by atoms with Gasteiger partial charge in [0, 0.05) is 0 Å². The van der Waals surface area contributed by atoms with Gasteiger partial charge in [0.15, 0.2) is 0 Å². The third kappa shape index (κ3) is 12.2. The van der Waals surface area contributed by atoms with E-state index in [9.17, 15) is 10.2 Å². The van der Waals surface area contributed by atoms with E-state index in [2.05, 4.69) is 19.1 Å². The molecule has 22 heavy (non-hydrogen) atoms. The molecule has 0 aliphatic rings. The van der Waals surface area contributed by atoms with E-state index in [-0.39, 0.29) is 6.61 Å². The van der Waals surface area contributed by atoms with E-state index in [1.165, 1.54) is 44.9 Å². The molecular formula is C18H37NO3. The molecule has 0 aromatic rings. The Morgan fingerprint density at radius 2 is 1.41 bits per heavy atom. The lowest BCUT2D eigenvalue weighted by Gasteiger charge is -2.21. The second-order valence-electron chi connectivity index (χ2n) is 6.22. The van der Waals surface area contributed by atoms with E-state index in [1.807, 2.05) is 0 Å². The molecule has 0 heterocycles. The number of unbranched alkanes of at least 4 members (excludes halogenated alkanes) is 8. The average molecular weight is 315 g/mol. The fourth-order valence-corrected chi connectivity index (χ4v) is 2.46. The zero-order valence-electron chi connectivity index (χ0n) is 14.3. The van der Waals surface area contributed by atoms with Crippen molar-refractivity contribution >= 4 is 0 Å². The van der Waals surface area contributed by atoms with Crippen molar-refractivity contribution in [3.8, 4) is 0 Å². The molecule has 4 heteroatoms. The van der Waals surface area contributed by atoms with Crippen LogP contribution in [0.1, 0.15) is 77.6 Å². The minimum Gasteiger partial charge on any atom is -0.395 e. The van der Waals surface area contributed by atoms with E-state index < -0.39 is 18.2 Å². The zero-order valence-corrected chi connectivity index (χ0v) is 14.3. The fraction of sp³-hybridized carbons (Fsp3) is 0.889. The summed E-state index contributed by atoms with van der Waals surface area (Å²) in [6.45, 7) is 1.93. The van der Waals surface area contributed by atoms with Crippen LogP contribution in [-0.4, -0.2) is 40.2 Å². The molecule has 0 fully saturated rings. The lowest BCUT2D eigenvalue weighted by atomic mass is 10.0. The number of nitrogens with two attached hydrogens (primary N) is 1. The van der Waals surface area contributed by atoms with E-state index >= 15 is 0 Å². The number of aliphatic hydroxyl groups excluding tert-OH is 3. The summed E-state index contributed by atoms with van der Waals surface area (Å²) in [7, 11) is 0. The number of aliphatic hydroxyl groups is 3. The summed E-state index contributed by atoms with van der Waals surface area (Å²) >= 11 is 0. The molecule has 0 saturated heterocycles. The first-order valence-electron chi connectivity index (χ1n) is 9.01.